The van der Waals surface area contributed by atoms with Gasteiger partial charge in [0.25, 0.3) is 0 Å². The summed E-state index contributed by atoms with van der Waals surface area (Å²) >= 11 is 1.93. The van der Waals surface area contributed by atoms with E-state index in [-0.39, 0.29) is 16.5 Å². The van der Waals surface area contributed by atoms with Gasteiger partial charge < -0.3 is 4.98 Å². The first-order valence-corrected chi connectivity index (χ1v) is 10.1. The number of carbonyl (C=O) groups excluding carboxylic acids is 1. The number of Topliss-reactive ketones (excluding diaryl/α,β-unsaturated/α-hetero) is 1. The summed E-state index contributed by atoms with van der Waals surface area (Å²) in [5.41, 5.74) is 0.862. The van der Waals surface area contributed by atoms with Gasteiger partial charge in [0, 0.05) is 53.9 Å². The number of nitrogens with zero attached hydrogens (tertiary/aromatic N) is 2. The molecule has 0 aliphatic carbocycles. The Morgan fingerprint density at radius 2 is 1.64 bits per heavy atom. The molecular formula is C20H25N3OS. The first-order valence-electron chi connectivity index (χ1n) is 9.08. The molecule has 4 aliphatic heterocycles. The maximum Gasteiger partial charge on any atom is 0.149 e. The predicted molar refractivity (Wildman–Crippen MR) is 102 cm³/mol. The Labute approximate surface area is 152 Å². The maximum atomic E-state index is 12.9. The molecule has 5 heterocycles. The molecule has 132 valence electrons. The molecule has 4 fully saturated rings. The standard InChI is InChI=1S/C20H25N3OS/c1-18-9-22-11-19(2,17(18)24)12-23(10-18)20(22,3)13-25-16-8-21-15-7-5-4-6-14(15)16/h4-8,21H,9-13H2,1-3H3. The van der Waals surface area contributed by atoms with Crippen molar-refractivity contribution < 1.29 is 4.79 Å². The maximum absolute atomic E-state index is 12.9. The second-order valence-electron chi connectivity index (χ2n) is 8.87. The number of aromatic nitrogens is 1. The molecule has 6 rings (SSSR count). The van der Waals surface area contributed by atoms with Crippen LogP contribution in [-0.4, -0.2) is 58.2 Å². The molecule has 4 nitrogen and oxygen atoms in total. The third-order valence-electron chi connectivity index (χ3n) is 6.67. The van der Waals surface area contributed by atoms with Gasteiger partial charge in [0.1, 0.15) is 5.78 Å². The summed E-state index contributed by atoms with van der Waals surface area (Å²) < 4.78 is 0. The molecule has 4 saturated heterocycles. The minimum atomic E-state index is -0.184. The SMILES string of the molecule is CC12CN3CC(C)(CN(C1)C3(C)CSc1c[nH]c3ccccc13)C2=O. The summed E-state index contributed by atoms with van der Waals surface area (Å²) in [5.74, 6) is 1.51. The van der Waals surface area contributed by atoms with Crippen molar-refractivity contribution in [3.63, 3.8) is 0 Å². The van der Waals surface area contributed by atoms with Crippen LogP contribution in [0.3, 0.4) is 0 Å². The number of piperidine rings is 2. The number of nitrogens with one attached hydrogen (secondary N) is 1. The Balaban J connectivity index is 1.43. The van der Waals surface area contributed by atoms with E-state index in [1.807, 2.05) is 11.8 Å². The fourth-order valence-corrected chi connectivity index (χ4v) is 6.63. The van der Waals surface area contributed by atoms with Crippen molar-refractivity contribution in [2.75, 3.05) is 31.9 Å². The summed E-state index contributed by atoms with van der Waals surface area (Å²) in [4.78, 5) is 22.7. The number of ketones is 1. The Bertz CT molecular complexity index is 833. The minimum Gasteiger partial charge on any atom is -0.360 e. The van der Waals surface area contributed by atoms with Crippen LogP contribution in [0.1, 0.15) is 20.8 Å². The summed E-state index contributed by atoms with van der Waals surface area (Å²) in [6, 6.07) is 8.49. The van der Waals surface area contributed by atoms with E-state index < -0.39 is 0 Å². The van der Waals surface area contributed by atoms with E-state index in [1.165, 1.54) is 15.8 Å². The zero-order chi connectivity index (χ0) is 17.4. The number of fused-ring (bicyclic) bond motifs is 1. The highest BCUT2D eigenvalue weighted by Crippen LogP contribution is 2.52. The number of aromatic amines is 1. The van der Waals surface area contributed by atoms with Crippen molar-refractivity contribution in [2.24, 2.45) is 10.8 Å². The Kier molecular flexibility index (Phi) is 3.12. The smallest absolute Gasteiger partial charge is 0.149 e. The lowest BCUT2D eigenvalue weighted by Crippen LogP contribution is -2.82. The number of hydrogen-bond donors (Lipinski definition) is 1. The lowest BCUT2D eigenvalue weighted by Gasteiger charge is -2.69. The van der Waals surface area contributed by atoms with E-state index >= 15 is 0 Å². The molecule has 4 aliphatic rings. The molecular weight excluding hydrogens is 330 g/mol. The monoisotopic (exact) mass is 355 g/mol. The van der Waals surface area contributed by atoms with Crippen LogP contribution in [0.5, 0.6) is 0 Å². The number of para-hydroxylation sites is 1. The highest BCUT2D eigenvalue weighted by atomic mass is 32.2. The van der Waals surface area contributed by atoms with Crippen molar-refractivity contribution in [3.05, 3.63) is 30.5 Å². The van der Waals surface area contributed by atoms with Crippen molar-refractivity contribution in [3.8, 4) is 0 Å². The van der Waals surface area contributed by atoms with E-state index in [9.17, 15) is 4.79 Å². The fraction of sp³-hybridized carbons (Fsp3) is 0.550. The Hall–Kier alpha value is -1.30. The van der Waals surface area contributed by atoms with Gasteiger partial charge in [-0.25, -0.2) is 0 Å². The summed E-state index contributed by atoms with van der Waals surface area (Å²) in [6.45, 7) is 10.3. The van der Waals surface area contributed by atoms with Gasteiger partial charge in [-0.15, -0.1) is 11.8 Å². The second-order valence-corrected chi connectivity index (χ2v) is 9.88. The summed E-state index contributed by atoms with van der Waals surface area (Å²) in [5, 5.41) is 1.30. The zero-order valence-electron chi connectivity index (χ0n) is 15.1. The van der Waals surface area contributed by atoms with Crippen LogP contribution < -0.4 is 0 Å². The van der Waals surface area contributed by atoms with Crippen LogP contribution in [0.25, 0.3) is 10.9 Å². The number of hydrogen-bond acceptors (Lipinski definition) is 4. The molecule has 1 aromatic carbocycles. The number of thioether (sulfide) groups is 1. The van der Waals surface area contributed by atoms with E-state index in [4.69, 9.17) is 0 Å². The molecule has 0 atom stereocenters. The van der Waals surface area contributed by atoms with Gasteiger partial charge in [0.05, 0.1) is 16.5 Å². The highest BCUT2D eigenvalue weighted by molar-refractivity contribution is 7.99. The molecule has 0 spiro atoms. The Morgan fingerprint density at radius 3 is 2.28 bits per heavy atom. The lowest BCUT2D eigenvalue weighted by atomic mass is 9.61. The summed E-state index contributed by atoms with van der Waals surface area (Å²) in [6.07, 6.45) is 2.13. The van der Waals surface area contributed by atoms with Gasteiger partial charge in [-0.05, 0) is 13.0 Å². The van der Waals surface area contributed by atoms with Crippen LogP contribution >= 0.6 is 11.8 Å². The molecule has 4 bridgehead atoms. The average molecular weight is 356 g/mol. The number of rotatable bonds is 3. The van der Waals surface area contributed by atoms with Crippen molar-refractivity contribution >= 4 is 28.4 Å². The van der Waals surface area contributed by atoms with Gasteiger partial charge >= 0.3 is 0 Å². The largest absolute Gasteiger partial charge is 0.360 e. The quantitative estimate of drug-likeness (QED) is 0.858. The van der Waals surface area contributed by atoms with Crippen LogP contribution in [0.4, 0.5) is 0 Å². The van der Waals surface area contributed by atoms with Crippen molar-refractivity contribution in [1.82, 2.24) is 14.8 Å². The van der Waals surface area contributed by atoms with Crippen LogP contribution in [0.15, 0.2) is 35.4 Å². The van der Waals surface area contributed by atoms with Gasteiger partial charge in [-0.1, -0.05) is 32.0 Å². The van der Waals surface area contributed by atoms with E-state index in [1.54, 1.807) is 0 Å². The second kappa shape index (κ2) is 4.90. The topological polar surface area (TPSA) is 39.3 Å². The normalized spacial score (nSPS) is 42.4. The molecule has 2 aromatic rings. The van der Waals surface area contributed by atoms with E-state index in [2.05, 4.69) is 66.0 Å². The highest BCUT2D eigenvalue weighted by Gasteiger charge is 2.65. The first kappa shape index (κ1) is 15.9. The van der Waals surface area contributed by atoms with Gasteiger partial charge in [-0.2, -0.15) is 0 Å². The van der Waals surface area contributed by atoms with Crippen molar-refractivity contribution in [2.45, 2.75) is 31.3 Å². The first-order chi connectivity index (χ1) is 11.8. The number of H-pyrrole nitrogens is 1. The lowest BCUT2D eigenvalue weighted by molar-refractivity contribution is -0.217. The van der Waals surface area contributed by atoms with Gasteiger partial charge in [-0.3, -0.25) is 14.6 Å². The number of benzene rings is 1. The third kappa shape index (κ3) is 2.06. The average Bonchev–Trinajstić information content (AvgIpc) is 2.98. The fourth-order valence-electron chi connectivity index (χ4n) is 5.36. The molecule has 0 radical (unpaired) electrons. The Morgan fingerprint density at radius 1 is 1.04 bits per heavy atom. The van der Waals surface area contributed by atoms with Gasteiger partial charge in [0.2, 0.25) is 0 Å². The van der Waals surface area contributed by atoms with E-state index in [0.717, 1.165) is 31.9 Å². The minimum absolute atomic E-state index is 0.0305. The number of carbonyl (C=O) groups is 1. The molecule has 5 heteroatoms. The van der Waals surface area contributed by atoms with E-state index in [0.29, 0.717) is 5.78 Å². The van der Waals surface area contributed by atoms with Gasteiger partial charge in [0.15, 0.2) is 0 Å². The summed E-state index contributed by atoms with van der Waals surface area (Å²) in [7, 11) is 0. The zero-order valence-corrected chi connectivity index (χ0v) is 15.9. The third-order valence-corrected chi connectivity index (χ3v) is 8.01. The molecule has 25 heavy (non-hydrogen) atoms. The van der Waals surface area contributed by atoms with Crippen LogP contribution in [0, 0.1) is 10.8 Å². The molecule has 1 N–H and O–H groups in total. The molecule has 0 unspecified atom stereocenters. The van der Waals surface area contributed by atoms with Crippen molar-refractivity contribution in [1.29, 1.82) is 0 Å². The van der Waals surface area contributed by atoms with Crippen LogP contribution in [-0.2, 0) is 4.79 Å². The van der Waals surface area contributed by atoms with Crippen LogP contribution in [0.2, 0.25) is 0 Å². The predicted octanol–water partition coefficient (Wildman–Crippen LogP) is 3.20. The molecule has 1 aromatic heterocycles. The molecule has 0 amide bonds. The molecule has 0 saturated carbocycles.